The van der Waals surface area contributed by atoms with Gasteiger partial charge in [0, 0.05) is 30.2 Å². The number of carbonyl (C=O) groups excluding carboxylic acids is 1. The highest BCUT2D eigenvalue weighted by Crippen LogP contribution is 2.21. The van der Waals surface area contributed by atoms with Crippen LogP contribution in [0.3, 0.4) is 0 Å². The van der Waals surface area contributed by atoms with Crippen LogP contribution in [-0.2, 0) is 0 Å². The number of nitrogens with one attached hydrogen (secondary N) is 3. The summed E-state index contributed by atoms with van der Waals surface area (Å²) in [5, 5.41) is 14.3. The van der Waals surface area contributed by atoms with Gasteiger partial charge in [0.15, 0.2) is 5.69 Å². The Morgan fingerprint density at radius 3 is 2.59 bits per heavy atom. The van der Waals surface area contributed by atoms with E-state index in [0.29, 0.717) is 11.7 Å². The van der Waals surface area contributed by atoms with Crippen molar-refractivity contribution in [2.45, 2.75) is 31.8 Å². The van der Waals surface area contributed by atoms with Gasteiger partial charge >= 0.3 is 0 Å². The van der Waals surface area contributed by atoms with E-state index in [1.807, 2.05) is 53.3 Å². The molecule has 6 nitrogen and oxygen atoms in total. The Labute approximate surface area is 171 Å². The predicted octanol–water partition coefficient (Wildman–Crippen LogP) is 4.23. The first-order valence-electron chi connectivity index (χ1n) is 10.2. The molecule has 1 aromatic heterocycles. The second-order valence-electron chi connectivity index (χ2n) is 7.49. The van der Waals surface area contributed by atoms with Gasteiger partial charge < -0.3 is 16.0 Å². The molecule has 2 atom stereocenters. The van der Waals surface area contributed by atoms with Crippen molar-refractivity contribution < 1.29 is 4.79 Å². The zero-order chi connectivity index (χ0) is 20.1. The van der Waals surface area contributed by atoms with Gasteiger partial charge in [-0.05, 0) is 62.2 Å². The molecule has 0 bridgehead atoms. The third kappa shape index (κ3) is 4.84. The van der Waals surface area contributed by atoms with E-state index in [2.05, 4.69) is 40.1 Å². The molecular weight excluding hydrogens is 362 g/mol. The molecular formula is C23H27N5O. The van der Waals surface area contributed by atoms with Crippen LogP contribution in [0, 0.1) is 0 Å². The Hall–Kier alpha value is -3.12. The zero-order valence-electron chi connectivity index (χ0n) is 16.6. The Morgan fingerprint density at radius 2 is 1.86 bits per heavy atom. The number of amides is 1. The average Bonchev–Trinajstić information content (AvgIpc) is 3.27. The lowest BCUT2D eigenvalue weighted by Crippen LogP contribution is -2.32. The first-order valence-corrected chi connectivity index (χ1v) is 10.2. The van der Waals surface area contributed by atoms with Crippen molar-refractivity contribution in [1.29, 1.82) is 0 Å². The minimum atomic E-state index is -0.189. The Morgan fingerprint density at radius 1 is 1.10 bits per heavy atom. The molecule has 1 fully saturated rings. The first kappa shape index (κ1) is 19.2. The third-order valence-corrected chi connectivity index (χ3v) is 5.31. The lowest BCUT2D eigenvalue weighted by atomic mass is 10.1. The number of hydrogen-bond acceptors (Lipinski definition) is 4. The summed E-state index contributed by atoms with van der Waals surface area (Å²) in [4.78, 5) is 12.5. The first-order chi connectivity index (χ1) is 14.2. The highest BCUT2D eigenvalue weighted by molar-refractivity contribution is 6.02. The molecule has 0 aliphatic carbocycles. The molecule has 150 valence electrons. The molecule has 3 aromatic rings. The Kier molecular flexibility index (Phi) is 5.91. The van der Waals surface area contributed by atoms with Crippen molar-refractivity contribution >= 4 is 17.3 Å². The van der Waals surface area contributed by atoms with Gasteiger partial charge in [0.25, 0.3) is 5.91 Å². The van der Waals surface area contributed by atoms with E-state index in [4.69, 9.17) is 0 Å². The van der Waals surface area contributed by atoms with Crippen molar-refractivity contribution in [3.8, 4) is 0 Å². The van der Waals surface area contributed by atoms with Crippen molar-refractivity contribution in [3.05, 3.63) is 78.1 Å². The highest BCUT2D eigenvalue weighted by atomic mass is 16.1. The van der Waals surface area contributed by atoms with E-state index in [1.165, 1.54) is 5.56 Å². The molecule has 0 radical (unpaired) electrons. The smallest absolute Gasteiger partial charge is 0.276 e. The fraction of sp³-hybridized carbons (Fsp3) is 0.304. The molecule has 2 heterocycles. The number of rotatable bonds is 6. The molecule has 3 N–H and O–H groups in total. The lowest BCUT2D eigenvalue weighted by molar-refractivity contribution is 0.102. The summed E-state index contributed by atoms with van der Waals surface area (Å²) >= 11 is 0. The van der Waals surface area contributed by atoms with Crippen LogP contribution in [0.25, 0.3) is 0 Å². The molecule has 1 aliphatic heterocycles. The Bertz CT molecular complexity index is 929. The molecule has 1 saturated heterocycles. The van der Waals surface area contributed by atoms with Gasteiger partial charge in [0.05, 0.1) is 6.04 Å². The monoisotopic (exact) mass is 389 g/mol. The maximum atomic E-state index is 12.5. The summed E-state index contributed by atoms with van der Waals surface area (Å²) < 4.78 is 1.90. The van der Waals surface area contributed by atoms with Crippen LogP contribution < -0.4 is 16.0 Å². The second kappa shape index (κ2) is 8.92. The predicted molar refractivity (Wildman–Crippen MR) is 116 cm³/mol. The van der Waals surface area contributed by atoms with E-state index in [-0.39, 0.29) is 11.9 Å². The van der Waals surface area contributed by atoms with Crippen molar-refractivity contribution in [2.75, 3.05) is 23.7 Å². The van der Waals surface area contributed by atoms with Gasteiger partial charge in [0.2, 0.25) is 0 Å². The van der Waals surface area contributed by atoms with Crippen LogP contribution in [-0.4, -0.2) is 28.8 Å². The number of hydrogen-bond donors (Lipinski definition) is 3. The van der Waals surface area contributed by atoms with Gasteiger partial charge in [-0.25, -0.2) is 0 Å². The molecule has 0 spiro atoms. The van der Waals surface area contributed by atoms with Crippen molar-refractivity contribution in [1.82, 2.24) is 15.1 Å². The molecule has 2 unspecified atom stereocenters. The maximum absolute atomic E-state index is 12.5. The van der Waals surface area contributed by atoms with E-state index in [0.717, 1.165) is 37.3 Å². The summed E-state index contributed by atoms with van der Waals surface area (Å²) in [6.45, 7) is 4.09. The highest BCUT2D eigenvalue weighted by Gasteiger charge is 2.17. The van der Waals surface area contributed by atoms with Crippen LogP contribution in [0.4, 0.5) is 11.4 Å². The fourth-order valence-electron chi connectivity index (χ4n) is 3.64. The Balaban J connectivity index is 1.35. The number of aromatic nitrogens is 2. The minimum absolute atomic E-state index is 0.189. The van der Waals surface area contributed by atoms with Crippen LogP contribution in [0.15, 0.2) is 66.9 Å². The van der Waals surface area contributed by atoms with Crippen LogP contribution in [0.2, 0.25) is 0 Å². The van der Waals surface area contributed by atoms with Crippen LogP contribution >= 0.6 is 0 Å². The quantitative estimate of drug-likeness (QED) is 0.590. The van der Waals surface area contributed by atoms with Gasteiger partial charge in [0.1, 0.15) is 0 Å². The molecule has 1 amide bonds. The van der Waals surface area contributed by atoms with Gasteiger partial charge in [-0.2, -0.15) is 5.10 Å². The van der Waals surface area contributed by atoms with Crippen molar-refractivity contribution in [3.63, 3.8) is 0 Å². The fourth-order valence-corrected chi connectivity index (χ4v) is 3.64. The van der Waals surface area contributed by atoms with E-state index in [1.54, 1.807) is 6.07 Å². The zero-order valence-corrected chi connectivity index (χ0v) is 16.6. The summed E-state index contributed by atoms with van der Waals surface area (Å²) in [6.07, 6.45) is 4.12. The van der Waals surface area contributed by atoms with E-state index < -0.39 is 0 Å². The van der Waals surface area contributed by atoms with Gasteiger partial charge in [-0.15, -0.1) is 0 Å². The standard InChI is InChI=1S/C23H27N5O/c1-17(18-6-3-2-4-7-18)25-19-9-11-20(12-10-19)26-23(29)22-13-15-28(27-22)21-8-5-14-24-16-21/h2-4,6-7,9-13,15,17,21,24-25H,5,8,14,16H2,1H3,(H,26,29). The second-order valence-corrected chi connectivity index (χ2v) is 7.49. The van der Waals surface area contributed by atoms with Crippen LogP contribution in [0.5, 0.6) is 0 Å². The molecule has 1 aliphatic rings. The molecule has 6 heteroatoms. The van der Waals surface area contributed by atoms with Crippen molar-refractivity contribution in [2.24, 2.45) is 0 Å². The maximum Gasteiger partial charge on any atom is 0.276 e. The van der Waals surface area contributed by atoms with E-state index >= 15 is 0 Å². The van der Waals surface area contributed by atoms with Gasteiger partial charge in [-0.3, -0.25) is 9.48 Å². The summed E-state index contributed by atoms with van der Waals surface area (Å²) in [5.41, 5.74) is 3.43. The average molecular weight is 390 g/mol. The normalized spacial score (nSPS) is 17.5. The minimum Gasteiger partial charge on any atom is -0.379 e. The number of piperidine rings is 1. The molecule has 29 heavy (non-hydrogen) atoms. The molecule has 0 saturated carbocycles. The SMILES string of the molecule is CC(Nc1ccc(NC(=O)c2ccn(C3CCCNC3)n2)cc1)c1ccccc1. The van der Waals surface area contributed by atoms with Gasteiger partial charge in [-0.1, -0.05) is 30.3 Å². The van der Waals surface area contributed by atoms with Crippen LogP contribution in [0.1, 0.15) is 47.9 Å². The number of nitrogens with zero attached hydrogens (tertiary/aromatic N) is 2. The summed E-state index contributed by atoms with van der Waals surface area (Å²) in [6, 6.07) is 20.4. The molecule has 4 rings (SSSR count). The number of benzene rings is 2. The third-order valence-electron chi connectivity index (χ3n) is 5.31. The number of anilines is 2. The number of carbonyl (C=O) groups is 1. The summed E-state index contributed by atoms with van der Waals surface area (Å²) in [7, 11) is 0. The van der Waals surface area contributed by atoms with E-state index in [9.17, 15) is 4.79 Å². The topological polar surface area (TPSA) is 71.0 Å². The molecule has 2 aromatic carbocycles. The summed E-state index contributed by atoms with van der Waals surface area (Å²) in [5.74, 6) is -0.189. The largest absolute Gasteiger partial charge is 0.379 e. The lowest BCUT2D eigenvalue weighted by Gasteiger charge is -2.22.